The van der Waals surface area contributed by atoms with E-state index in [0.717, 1.165) is 5.69 Å². The molecule has 1 N–H and O–H groups in total. The number of nitrogens with one attached hydrogen (secondary N) is 1. The van der Waals surface area contributed by atoms with E-state index in [4.69, 9.17) is 13.9 Å². The summed E-state index contributed by atoms with van der Waals surface area (Å²) >= 11 is 0. The molecule has 1 spiro atoms. The molecule has 0 atom stereocenters. The Kier molecular flexibility index (Phi) is 6.15. The van der Waals surface area contributed by atoms with Gasteiger partial charge in [0.25, 0.3) is 11.8 Å². The van der Waals surface area contributed by atoms with Gasteiger partial charge in [-0.2, -0.15) is 0 Å². The van der Waals surface area contributed by atoms with Crippen LogP contribution in [0.15, 0.2) is 71.3 Å². The highest BCUT2D eigenvalue weighted by atomic mass is 16.7. The van der Waals surface area contributed by atoms with Crippen LogP contribution in [0.5, 0.6) is 11.5 Å². The van der Waals surface area contributed by atoms with Crippen molar-refractivity contribution in [3.8, 4) is 11.5 Å². The van der Waals surface area contributed by atoms with Gasteiger partial charge in [-0.05, 0) is 55.3 Å². The second kappa shape index (κ2) is 9.77. The highest BCUT2D eigenvalue weighted by Crippen LogP contribution is 2.40. The maximum absolute atomic E-state index is 13.9. The van der Waals surface area contributed by atoms with Gasteiger partial charge in [-0.1, -0.05) is 18.2 Å². The molecule has 6 rings (SSSR count). The van der Waals surface area contributed by atoms with E-state index in [2.05, 4.69) is 10.2 Å². The number of hydrogen-bond acceptors (Lipinski definition) is 7. The number of benzene rings is 2. The van der Waals surface area contributed by atoms with Crippen LogP contribution in [0.2, 0.25) is 0 Å². The van der Waals surface area contributed by atoms with Crippen molar-refractivity contribution in [3.05, 3.63) is 78.3 Å². The number of nitrogens with zero attached hydrogens (tertiary/aromatic N) is 3. The Hall–Kier alpha value is -4.47. The predicted molar refractivity (Wildman–Crippen MR) is 136 cm³/mol. The average molecular weight is 517 g/mol. The molecule has 0 bridgehead atoms. The first-order valence-corrected chi connectivity index (χ1v) is 12.6. The molecule has 1 aromatic heterocycles. The van der Waals surface area contributed by atoms with Crippen molar-refractivity contribution in [2.45, 2.75) is 24.9 Å². The van der Waals surface area contributed by atoms with Crippen LogP contribution in [0.4, 0.5) is 5.69 Å². The molecule has 2 fully saturated rings. The van der Waals surface area contributed by atoms with Crippen LogP contribution in [0, 0.1) is 0 Å². The zero-order chi connectivity index (χ0) is 26.1. The molecule has 38 heavy (non-hydrogen) atoms. The van der Waals surface area contributed by atoms with Crippen LogP contribution in [-0.2, 0) is 16.1 Å². The SMILES string of the molecule is O=C(CN1CN(c2ccccc2)C2(CCN(C(=O)c3ccc4c(c3)OCO4)CC2)C1=O)NCc1ccco1. The molecular formula is C28H28N4O6. The Bertz CT molecular complexity index is 1330. The van der Waals surface area contributed by atoms with Gasteiger partial charge in [0.2, 0.25) is 12.7 Å². The largest absolute Gasteiger partial charge is 0.467 e. The lowest BCUT2D eigenvalue weighted by molar-refractivity contribution is -0.137. The van der Waals surface area contributed by atoms with Crippen molar-refractivity contribution in [1.29, 1.82) is 0 Å². The monoisotopic (exact) mass is 516 g/mol. The normalized spacial score (nSPS) is 17.8. The fraction of sp³-hybridized carbons (Fsp3) is 0.321. The quantitative estimate of drug-likeness (QED) is 0.537. The predicted octanol–water partition coefficient (Wildman–Crippen LogP) is 2.61. The highest BCUT2D eigenvalue weighted by molar-refractivity contribution is 5.98. The third-order valence-electron chi connectivity index (χ3n) is 7.45. The van der Waals surface area contributed by atoms with Gasteiger partial charge >= 0.3 is 0 Å². The lowest BCUT2D eigenvalue weighted by Gasteiger charge is -2.43. The maximum atomic E-state index is 13.9. The Morgan fingerprint density at radius 3 is 2.50 bits per heavy atom. The molecule has 10 nitrogen and oxygen atoms in total. The smallest absolute Gasteiger partial charge is 0.253 e. The second-order valence-corrected chi connectivity index (χ2v) is 9.66. The van der Waals surface area contributed by atoms with Gasteiger partial charge in [-0.3, -0.25) is 14.4 Å². The number of amides is 3. The first kappa shape index (κ1) is 23.9. The second-order valence-electron chi connectivity index (χ2n) is 9.66. The van der Waals surface area contributed by atoms with Crippen molar-refractivity contribution in [1.82, 2.24) is 15.1 Å². The summed E-state index contributed by atoms with van der Waals surface area (Å²) in [6.45, 7) is 1.49. The van der Waals surface area contributed by atoms with E-state index in [1.807, 2.05) is 30.3 Å². The lowest BCUT2D eigenvalue weighted by atomic mass is 9.85. The number of carbonyl (C=O) groups excluding carboxylic acids is 3. The molecular weight excluding hydrogens is 488 g/mol. The number of piperidine rings is 1. The van der Waals surface area contributed by atoms with E-state index >= 15 is 0 Å². The van der Waals surface area contributed by atoms with E-state index in [-0.39, 0.29) is 37.6 Å². The molecule has 3 aromatic rings. The lowest BCUT2D eigenvalue weighted by Crippen LogP contribution is -2.57. The van der Waals surface area contributed by atoms with Crippen LogP contribution < -0.4 is 19.7 Å². The maximum Gasteiger partial charge on any atom is 0.253 e. The van der Waals surface area contributed by atoms with Crippen LogP contribution in [0.3, 0.4) is 0 Å². The van der Waals surface area contributed by atoms with Crippen molar-refractivity contribution < 1.29 is 28.3 Å². The summed E-state index contributed by atoms with van der Waals surface area (Å²) in [6.07, 6.45) is 2.47. The van der Waals surface area contributed by atoms with E-state index in [1.54, 1.807) is 46.4 Å². The minimum atomic E-state index is -0.825. The highest BCUT2D eigenvalue weighted by Gasteiger charge is 2.54. The minimum Gasteiger partial charge on any atom is -0.467 e. The summed E-state index contributed by atoms with van der Waals surface area (Å²) in [5, 5.41) is 2.82. The van der Waals surface area contributed by atoms with Gasteiger partial charge < -0.3 is 33.9 Å². The molecule has 3 aliphatic heterocycles. The number of anilines is 1. The number of likely N-dealkylation sites (tertiary alicyclic amines) is 1. The number of hydrogen-bond donors (Lipinski definition) is 1. The molecule has 0 radical (unpaired) electrons. The number of rotatable bonds is 6. The summed E-state index contributed by atoms with van der Waals surface area (Å²) < 4.78 is 16.0. The van der Waals surface area contributed by atoms with Gasteiger partial charge in [0.05, 0.1) is 19.5 Å². The van der Waals surface area contributed by atoms with Gasteiger partial charge in [0.1, 0.15) is 17.8 Å². The van der Waals surface area contributed by atoms with Gasteiger partial charge in [0, 0.05) is 24.3 Å². The van der Waals surface area contributed by atoms with Gasteiger partial charge in [-0.25, -0.2) is 0 Å². The minimum absolute atomic E-state index is 0.0511. The van der Waals surface area contributed by atoms with Crippen LogP contribution >= 0.6 is 0 Å². The molecule has 2 aromatic carbocycles. The summed E-state index contributed by atoms with van der Waals surface area (Å²) in [5.74, 6) is 1.38. The Morgan fingerprint density at radius 1 is 0.947 bits per heavy atom. The molecule has 0 unspecified atom stereocenters. The van der Waals surface area contributed by atoms with Gasteiger partial charge in [0.15, 0.2) is 11.5 Å². The molecule has 0 aliphatic carbocycles. The molecule has 3 amide bonds. The fourth-order valence-corrected chi connectivity index (χ4v) is 5.44. The number of ether oxygens (including phenoxy) is 2. The van der Waals surface area contributed by atoms with Crippen molar-refractivity contribution in [3.63, 3.8) is 0 Å². The summed E-state index contributed by atoms with van der Waals surface area (Å²) in [6, 6.07) is 18.5. The molecule has 10 heteroatoms. The summed E-state index contributed by atoms with van der Waals surface area (Å²) in [4.78, 5) is 45.3. The van der Waals surface area contributed by atoms with Crippen LogP contribution in [0.1, 0.15) is 29.0 Å². The fourth-order valence-electron chi connectivity index (χ4n) is 5.44. The van der Waals surface area contributed by atoms with E-state index in [1.165, 1.54) is 0 Å². The molecule has 3 aliphatic rings. The molecule has 2 saturated heterocycles. The summed E-state index contributed by atoms with van der Waals surface area (Å²) in [7, 11) is 0. The molecule has 4 heterocycles. The Labute approximate surface area is 219 Å². The number of para-hydroxylation sites is 1. The zero-order valence-corrected chi connectivity index (χ0v) is 20.8. The van der Waals surface area contributed by atoms with Crippen molar-refractivity contribution in [2.24, 2.45) is 0 Å². The number of fused-ring (bicyclic) bond motifs is 1. The third kappa shape index (κ3) is 4.31. The molecule has 0 saturated carbocycles. The first-order valence-electron chi connectivity index (χ1n) is 12.6. The van der Waals surface area contributed by atoms with E-state index in [0.29, 0.717) is 55.4 Å². The number of carbonyl (C=O) groups is 3. The van der Waals surface area contributed by atoms with E-state index < -0.39 is 5.54 Å². The standard InChI is InChI=1S/C28H28N4O6/c33-25(29-16-22-7-4-14-36-22)17-31-18-32(21-5-2-1-3-6-21)28(27(31)35)10-12-30(13-11-28)26(34)20-8-9-23-24(15-20)38-19-37-23/h1-9,14-15H,10-13,16-19H2,(H,29,33). The van der Waals surface area contributed by atoms with Crippen molar-refractivity contribution in [2.75, 3.05) is 38.0 Å². The molecule has 196 valence electrons. The van der Waals surface area contributed by atoms with Crippen LogP contribution in [-0.4, -0.2) is 66.2 Å². The third-order valence-corrected chi connectivity index (χ3v) is 7.45. The number of furan rings is 1. The topological polar surface area (TPSA) is 105 Å². The Balaban J connectivity index is 1.17. The Morgan fingerprint density at radius 2 is 1.74 bits per heavy atom. The zero-order valence-electron chi connectivity index (χ0n) is 20.8. The van der Waals surface area contributed by atoms with Crippen LogP contribution in [0.25, 0.3) is 0 Å². The first-order chi connectivity index (χ1) is 18.5. The average Bonchev–Trinajstić information content (AvgIpc) is 3.70. The van der Waals surface area contributed by atoms with Crippen molar-refractivity contribution >= 4 is 23.4 Å². The summed E-state index contributed by atoms with van der Waals surface area (Å²) in [5.41, 5.74) is 0.613. The van der Waals surface area contributed by atoms with E-state index in [9.17, 15) is 14.4 Å². The van der Waals surface area contributed by atoms with Gasteiger partial charge in [-0.15, -0.1) is 0 Å².